The maximum atomic E-state index is 12.2. The average Bonchev–Trinajstić information content (AvgIpc) is 3.13. The Morgan fingerprint density at radius 1 is 1.12 bits per heavy atom. The molecule has 2 aromatic carbocycles. The van der Waals surface area contributed by atoms with Crippen LogP contribution in [0.1, 0.15) is 15.9 Å². The molecule has 0 aliphatic carbocycles. The van der Waals surface area contributed by atoms with E-state index in [1.807, 2.05) is 12.1 Å². The Kier molecular flexibility index (Phi) is 6.26. The molecule has 0 bridgehead atoms. The lowest BCUT2D eigenvalue weighted by Gasteiger charge is -2.12. The lowest BCUT2D eigenvalue weighted by Crippen LogP contribution is -2.29. The molecular formula is C16H12Cl3N5OS. The molecule has 26 heavy (non-hydrogen) atoms. The fourth-order valence-electron chi connectivity index (χ4n) is 2.02. The molecule has 6 nitrogen and oxygen atoms in total. The van der Waals surface area contributed by atoms with Gasteiger partial charge in [0.1, 0.15) is 6.33 Å². The fraction of sp³-hybridized carbons (Fsp3) is 0.0625. The molecule has 1 aromatic heterocycles. The zero-order chi connectivity index (χ0) is 18.5. The minimum Gasteiger partial charge on any atom is -0.295 e. The summed E-state index contributed by atoms with van der Waals surface area (Å²) in [5.74, 6) is 0.396. The van der Waals surface area contributed by atoms with E-state index in [-0.39, 0.29) is 5.91 Å². The van der Waals surface area contributed by atoms with Gasteiger partial charge in [0.15, 0.2) is 5.16 Å². The summed E-state index contributed by atoms with van der Waals surface area (Å²) in [6, 6.07) is 10.3. The molecule has 3 rings (SSSR count). The Bertz CT molecular complexity index is 880. The number of hydrogen-bond acceptors (Lipinski definition) is 5. The second kappa shape index (κ2) is 8.64. The molecule has 0 atom stereocenters. The van der Waals surface area contributed by atoms with Crippen LogP contribution in [0.5, 0.6) is 0 Å². The summed E-state index contributed by atoms with van der Waals surface area (Å²) in [7, 11) is 0. The summed E-state index contributed by atoms with van der Waals surface area (Å²) < 4.78 is 0. The number of carbonyl (C=O) groups excluding carboxylic acids is 1. The van der Waals surface area contributed by atoms with Gasteiger partial charge in [0, 0.05) is 16.3 Å². The molecule has 3 N–H and O–H groups in total. The van der Waals surface area contributed by atoms with Crippen LogP contribution in [0.4, 0.5) is 5.69 Å². The van der Waals surface area contributed by atoms with Crippen LogP contribution in [0.3, 0.4) is 0 Å². The average molecular weight is 429 g/mol. The molecule has 0 fully saturated rings. The number of hydrogen-bond donors (Lipinski definition) is 3. The number of H-pyrrole nitrogens is 1. The summed E-state index contributed by atoms with van der Waals surface area (Å²) in [5.41, 5.74) is 7.21. The van der Waals surface area contributed by atoms with Crippen LogP contribution in [0, 0.1) is 0 Å². The lowest BCUT2D eigenvalue weighted by molar-refractivity contribution is 0.0962. The topological polar surface area (TPSA) is 82.7 Å². The smallest absolute Gasteiger partial charge is 0.269 e. The highest BCUT2D eigenvalue weighted by molar-refractivity contribution is 7.98. The van der Waals surface area contributed by atoms with E-state index in [4.69, 9.17) is 34.8 Å². The minimum absolute atomic E-state index is 0.308. The standard InChI is InChI=1S/C16H12Cl3N5OS/c17-11-5-12(18)14(13(19)6-11)22-23-15(25)10-3-1-9(2-4-10)7-26-16-20-8-21-24-16/h1-6,8,22H,7H2,(H,23,25)(H,20,21,24). The molecule has 0 saturated carbocycles. The van der Waals surface area contributed by atoms with E-state index in [0.717, 1.165) is 10.7 Å². The predicted molar refractivity (Wildman–Crippen MR) is 105 cm³/mol. The predicted octanol–water partition coefficient (Wildman–Crippen LogP) is 4.81. The molecule has 3 aromatic rings. The monoisotopic (exact) mass is 427 g/mol. The molecule has 0 aliphatic heterocycles. The number of hydrazine groups is 1. The van der Waals surface area contributed by atoms with Gasteiger partial charge < -0.3 is 0 Å². The molecule has 1 amide bonds. The van der Waals surface area contributed by atoms with Crippen LogP contribution in [0.2, 0.25) is 15.1 Å². The second-order valence-corrected chi connectivity index (χ2v) is 7.31. The third kappa shape index (κ3) is 4.82. The van der Waals surface area contributed by atoms with Gasteiger partial charge in [-0.3, -0.25) is 20.7 Å². The molecule has 0 unspecified atom stereocenters. The largest absolute Gasteiger partial charge is 0.295 e. The van der Waals surface area contributed by atoms with Crippen molar-refractivity contribution in [3.8, 4) is 0 Å². The van der Waals surface area contributed by atoms with Crippen molar-refractivity contribution < 1.29 is 4.79 Å². The second-order valence-electron chi connectivity index (χ2n) is 5.10. The number of benzene rings is 2. The molecule has 10 heteroatoms. The SMILES string of the molecule is O=C(NNc1c(Cl)cc(Cl)cc1Cl)c1ccc(CSc2ncn[nH]2)cc1. The van der Waals surface area contributed by atoms with Gasteiger partial charge in [-0.25, -0.2) is 4.98 Å². The number of halogens is 3. The van der Waals surface area contributed by atoms with Crippen LogP contribution in [-0.2, 0) is 5.75 Å². The van der Waals surface area contributed by atoms with Crippen LogP contribution < -0.4 is 10.9 Å². The summed E-state index contributed by atoms with van der Waals surface area (Å²) in [5, 5.41) is 8.34. The van der Waals surface area contributed by atoms with Crippen molar-refractivity contribution in [2.24, 2.45) is 0 Å². The van der Waals surface area contributed by atoms with Gasteiger partial charge in [0.25, 0.3) is 5.91 Å². The van der Waals surface area contributed by atoms with E-state index < -0.39 is 0 Å². The molecule has 0 aliphatic rings. The Labute approximate surface area is 168 Å². The number of aromatic amines is 1. The number of anilines is 1. The van der Waals surface area contributed by atoms with Crippen molar-refractivity contribution in [1.29, 1.82) is 0 Å². The highest BCUT2D eigenvalue weighted by atomic mass is 35.5. The lowest BCUT2D eigenvalue weighted by atomic mass is 10.1. The summed E-state index contributed by atoms with van der Waals surface area (Å²) >= 11 is 19.5. The minimum atomic E-state index is -0.318. The summed E-state index contributed by atoms with van der Waals surface area (Å²) in [6.07, 6.45) is 1.46. The Morgan fingerprint density at radius 2 is 1.81 bits per heavy atom. The normalized spacial score (nSPS) is 10.6. The molecular weight excluding hydrogens is 417 g/mol. The summed E-state index contributed by atoms with van der Waals surface area (Å²) in [6.45, 7) is 0. The van der Waals surface area contributed by atoms with Crippen molar-refractivity contribution in [3.05, 3.63) is 68.9 Å². The molecule has 1 heterocycles. The van der Waals surface area contributed by atoms with E-state index in [1.54, 1.807) is 12.1 Å². The number of thioether (sulfide) groups is 1. The van der Waals surface area contributed by atoms with Gasteiger partial charge in [-0.05, 0) is 29.8 Å². The Hall–Kier alpha value is -1.93. The van der Waals surface area contributed by atoms with Crippen molar-refractivity contribution in [2.75, 3.05) is 5.43 Å². The molecule has 0 saturated heterocycles. The van der Waals surface area contributed by atoms with E-state index in [2.05, 4.69) is 26.0 Å². The number of rotatable bonds is 6. The maximum absolute atomic E-state index is 12.2. The van der Waals surface area contributed by atoms with Gasteiger partial charge >= 0.3 is 0 Å². The number of nitrogens with one attached hydrogen (secondary N) is 3. The highest BCUT2D eigenvalue weighted by Gasteiger charge is 2.10. The third-order valence-corrected chi connectivity index (χ3v) is 5.05. The zero-order valence-electron chi connectivity index (χ0n) is 13.1. The first kappa shape index (κ1) is 18.8. The molecule has 0 spiro atoms. The quantitative estimate of drug-likeness (QED) is 0.387. The first-order valence-electron chi connectivity index (χ1n) is 7.31. The number of aromatic nitrogens is 3. The summed E-state index contributed by atoms with van der Waals surface area (Å²) in [4.78, 5) is 16.3. The van der Waals surface area contributed by atoms with Gasteiger partial charge in [-0.1, -0.05) is 58.7 Å². The van der Waals surface area contributed by atoms with Crippen LogP contribution in [-0.4, -0.2) is 21.1 Å². The molecule has 134 valence electrons. The first-order chi connectivity index (χ1) is 12.5. The van der Waals surface area contributed by atoms with E-state index in [1.165, 1.54) is 30.2 Å². The van der Waals surface area contributed by atoms with E-state index >= 15 is 0 Å². The van der Waals surface area contributed by atoms with Crippen LogP contribution >= 0.6 is 46.6 Å². The Balaban J connectivity index is 1.58. The fourth-order valence-corrected chi connectivity index (χ4v) is 3.67. The first-order valence-corrected chi connectivity index (χ1v) is 9.43. The van der Waals surface area contributed by atoms with Crippen LogP contribution in [0.25, 0.3) is 0 Å². The van der Waals surface area contributed by atoms with Gasteiger partial charge in [-0.2, -0.15) is 5.10 Å². The van der Waals surface area contributed by atoms with Gasteiger partial charge in [0.05, 0.1) is 15.7 Å². The zero-order valence-corrected chi connectivity index (χ0v) is 16.2. The molecule has 0 radical (unpaired) electrons. The van der Waals surface area contributed by atoms with Gasteiger partial charge in [-0.15, -0.1) is 0 Å². The third-order valence-electron chi connectivity index (χ3n) is 3.29. The maximum Gasteiger partial charge on any atom is 0.269 e. The van der Waals surface area contributed by atoms with Crippen molar-refractivity contribution in [1.82, 2.24) is 20.6 Å². The van der Waals surface area contributed by atoms with Gasteiger partial charge in [0.2, 0.25) is 0 Å². The number of amides is 1. The van der Waals surface area contributed by atoms with E-state index in [0.29, 0.717) is 32.1 Å². The van der Waals surface area contributed by atoms with Crippen molar-refractivity contribution >= 4 is 58.2 Å². The van der Waals surface area contributed by atoms with Crippen molar-refractivity contribution in [3.63, 3.8) is 0 Å². The Morgan fingerprint density at radius 3 is 2.42 bits per heavy atom. The number of carbonyl (C=O) groups is 1. The number of nitrogens with zero attached hydrogens (tertiary/aromatic N) is 2. The highest BCUT2D eigenvalue weighted by Crippen LogP contribution is 2.33. The van der Waals surface area contributed by atoms with Crippen LogP contribution in [0.15, 0.2) is 47.9 Å². The van der Waals surface area contributed by atoms with E-state index in [9.17, 15) is 4.79 Å². The van der Waals surface area contributed by atoms with Crippen molar-refractivity contribution in [2.45, 2.75) is 10.9 Å².